The number of hydrogen-bond acceptors (Lipinski definition) is 2. The molecule has 0 amide bonds. The number of nitrogens with one attached hydrogen (secondary N) is 1. The van der Waals surface area contributed by atoms with Crippen molar-refractivity contribution < 1.29 is 0 Å². The van der Waals surface area contributed by atoms with Crippen LogP contribution in [0.5, 0.6) is 0 Å². The SMILES string of the molecule is CCCNC(c1sc(C)cc1C)C(C)C. The zero-order chi connectivity index (χ0) is 11.4. The highest BCUT2D eigenvalue weighted by molar-refractivity contribution is 7.12. The summed E-state index contributed by atoms with van der Waals surface area (Å²) in [5, 5.41) is 3.65. The Morgan fingerprint density at radius 1 is 1.33 bits per heavy atom. The molecule has 1 atom stereocenters. The van der Waals surface area contributed by atoms with Gasteiger partial charge in [-0.15, -0.1) is 11.3 Å². The van der Waals surface area contributed by atoms with E-state index in [1.807, 2.05) is 11.3 Å². The first-order chi connectivity index (χ1) is 7.06. The molecule has 1 nitrogen and oxygen atoms in total. The summed E-state index contributed by atoms with van der Waals surface area (Å²) in [6.45, 7) is 12.3. The van der Waals surface area contributed by atoms with E-state index in [0.29, 0.717) is 12.0 Å². The van der Waals surface area contributed by atoms with Gasteiger partial charge in [0.05, 0.1) is 0 Å². The highest BCUT2D eigenvalue weighted by atomic mass is 32.1. The zero-order valence-corrected chi connectivity index (χ0v) is 11.4. The third-order valence-corrected chi connectivity index (χ3v) is 3.88. The van der Waals surface area contributed by atoms with Crippen molar-refractivity contribution in [2.24, 2.45) is 5.92 Å². The van der Waals surface area contributed by atoms with Crippen LogP contribution >= 0.6 is 11.3 Å². The molecule has 2 heteroatoms. The molecule has 1 N–H and O–H groups in total. The van der Waals surface area contributed by atoms with Crippen molar-refractivity contribution in [3.8, 4) is 0 Å². The van der Waals surface area contributed by atoms with Gasteiger partial charge in [0.1, 0.15) is 0 Å². The first-order valence-electron chi connectivity index (χ1n) is 5.86. The zero-order valence-electron chi connectivity index (χ0n) is 10.6. The molecule has 15 heavy (non-hydrogen) atoms. The predicted octanol–water partition coefficient (Wildman–Crippen LogP) is 4.06. The maximum absolute atomic E-state index is 3.65. The van der Waals surface area contributed by atoms with E-state index in [1.165, 1.54) is 21.7 Å². The number of aryl methyl sites for hydroxylation is 2. The van der Waals surface area contributed by atoms with E-state index in [1.54, 1.807) is 0 Å². The Bertz CT molecular complexity index is 301. The van der Waals surface area contributed by atoms with Gasteiger partial charge in [0.25, 0.3) is 0 Å². The van der Waals surface area contributed by atoms with E-state index >= 15 is 0 Å². The van der Waals surface area contributed by atoms with Gasteiger partial charge in [-0.1, -0.05) is 20.8 Å². The topological polar surface area (TPSA) is 12.0 Å². The fraction of sp³-hybridized carbons (Fsp3) is 0.692. The molecule has 1 aromatic rings. The summed E-state index contributed by atoms with van der Waals surface area (Å²) in [4.78, 5) is 2.95. The molecule has 0 bridgehead atoms. The van der Waals surface area contributed by atoms with Crippen LogP contribution in [-0.4, -0.2) is 6.54 Å². The second-order valence-corrected chi connectivity index (χ2v) is 5.87. The van der Waals surface area contributed by atoms with Gasteiger partial charge in [-0.25, -0.2) is 0 Å². The molecule has 0 radical (unpaired) electrons. The van der Waals surface area contributed by atoms with Crippen LogP contribution in [-0.2, 0) is 0 Å². The summed E-state index contributed by atoms with van der Waals surface area (Å²) >= 11 is 1.94. The van der Waals surface area contributed by atoms with Crippen LogP contribution in [0.2, 0.25) is 0 Å². The van der Waals surface area contributed by atoms with Crippen molar-refractivity contribution in [1.82, 2.24) is 5.32 Å². The molecule has 0 fully saturated rings. The number of rotatable bonds is 5. The number of thiophene rings is 1. The van der Waals surface area contributed by atoms with E-state index in [2.05, 4.69) is 46.0 Å². The van der Waals surface area contributed by atoms with Gasteiger partial charge in [0.15, 0.2) is 0 Å². The van der Waals surface area contributed by atoms with E-state index in [9.17, 15) is 0 Å². The number of hydrogen-bond donors (Lipinski definition) is 1. The summed E-state index contributed by atoms with van der Waals surface area (Å²) in [7, 11) is 0. The molecule has 1 heterocycles. The van der Waals surface area contributed by atoms with Gasteiger partial charge < -0.3 is 5.32 Å². The average molecular weight is 225 g/mol. The fourth-order valence-electron chi connectivity index (χ4n) is 1.90. The summed E-state index contributed by atoms with van der Waals surface area (Å²) < 4.78 is 0. The van der Waals surface area contributed by atoms with Crippen molar-refractivity contribution in [1.29, 1.82) is 0 Å². The van der Waals surface area contributed by atoms with Gasteiger partial charge in [-0.05, 0) is 44.4 Å². The smallest absolute Gasteiger partial charge is 0.0440 e. The molecule has 0 saturated carbocycles. The molecule has 0 aliphatic carbocycles. The highest BCUT2D eigenvalue weighted by Gasteiger charge is 2.18. The first-order valence-corrected chi connectivity index (χ1v) is 6.68. The maximum atomic E-state index is 3.65. The molecule has 0 aliphatic heterocycles. The Kier molecular flexibility index (Phi) is 4.81. The third-order valence-electron chi connectivity index (χ3n) is 2.64. The lowest BCUT2D eigenvalue weighted by molar-refractivity contribution is 0.417. The van der Waals surface area contributed by atoms with E-state index in [4.69, 9.17) is 0 Å². The molecule has 0 aliphatic rings. The minimum atomic E-state index is 0.531. The molecule has 0 saturated heterocycles. The second kappa shape index (κ2) is 5.66. The van der Waals surface area contributed by atoms with Crippen molar-refractivity contribution in [2.45, 2.75) is 47.1 Å². The minimum Gasteiger partial charge on any atom is -0.309 e. The largest absolute Gasteiger partial charge is 0.309 e. The Balaban J connectivity index is 2.83. The van der Waals surface area contributed by atoms with Crippen molar-refractivity contribution >= 4 is 11.3 Å². The lowest BCUT2D eigenvalue weighted by Gasteiger charge is -2.22. The van der Waals surface area contributed by atoms with Crippen LogP contribution in [0.3, 0.4) is 0 Å². The summed E-state index contributed by atoms with van der Waals surface area (Å²) in [6.07, 6.45) is 1.20. The van der Waals surface area contributed by atoms with Gasteiger partial charge in [0.2, 0.25) is 0 Å². The predicted molar refractivity (Wildman–Crippen MR) is 69.7 cm³/mol. The van der Waals surface area contributed by atoms with Gasteiger partial charge >= 0.3 is 0 Å². The highest BCUT2D eigenvalue weighted by Crippen LogP contribution is 2.31. The summed E-state index contributed by atoms with van der Waals surface area (Å²) in [5.41, 5.74) is 1.44. The van der Waals surface area contributed by atoms with Crippen LogP contribution in [0.25, 0.3) is 0 Å². The fourth-order valence-corrected chi connectivity index (χ4v) is 3.18. The Labute approximate surface area is 97.9 Å². The summed E-state index contributed by atoms with van der Waals surface area (Å²) in [5.74, 6) is 0.660. The Morgan fingerprint density at radius 2 is 2.00 bits per heavy atom. The van der Waals surface area contributed by atoms with Crippen LogP contribution in [0.1, 0.15) is 48.6 Å². The quantitative estimate of drug-likeness (QED) is 0.797. The molecular weight excluding hydrogens is 202 g/mol. The average Bonchev–Trinajstić information content (AvgIpc) is 2.46. The van der Waals surface area contributed by atoms with Crippen molar-refractivity contribution in [2.75, 3.05) is 6.54 Å². The van der Waals surface area contributed by atoms with Crippen LogP contribution in [0.4, 0.5) is 0 Å². The van der Waals surface area contributed by atoms with Gasteiger partial charge in [0, 0.05) is 15.8 Å². The maximum Gasteiger partial charge on any atom is 0.0440 e. The first kappa shape index (κ1) is 12.7. The molecule has 0 spiro atoms. The minimum absolute atomic E-state index is 0.531. The van der Waals surface area contributed by atoms with E-state index < -0.39 is 0 Å². The molecule has 1 rings (SSSR count). The Morgan fingerprint density at radius 3 is 2.40 bits per heavy atom. The van der Waals surface area contributed by atoms with E-state index in [-0.39, 0.29) is 0 Å². The van der Waals surface area contributed by atoms with Crippen LogP contribution in [0, 0.1) is 19.8 Å². The van der Waals surface area contributed by atoms with Crippen molar-refractivity contribution in [3.63, 3.8) is 0 Å². The van der Waals surface area contributed by atoms with Crippen molar-refractivity contribution in [3.05, 3.63) is 21.4 Å². The lowest BCUT2D eigenvalue weighted by atomic mass is 10.0. The van der Waals surface area contributed by atoms with Gasteiger partial charge in [-0.3, -0.25) is 0 Å². The standard InChI is InChI=1S/C13H23NS/c1-6-7-14-12(9(2)3)13-10(4)8-11(5)15-13/h8-9,12,14H,6-7H2,1-5H3. The van der Waals surface area contributed by atoms with Crippen LogP contribution in [0.15, 0.2) is 6.07 Å². The monoisotopic (exact) mass is 225 g/mol. The van der Waals surface area contributed by atoms with Gasteiger partial charge in [-0.2, -0.15) is 0 Å². The Hall–Kier alpha value is -0.340. The third kappa shape index (κ3) is 3.32. The summed E-state index contributed by atoms with van der Waals surface area (Å²) in [6, 6.07) is 2.83. The molecule has 1 unspecified atom stereocenters. The lowest BCUT2D eigenvalue weighted by Crippen LogP contribution is -2.26. The molecule has 1 aromatic heterocycles. The molecular formula is C13H23NS. The molecule has 86 valence electrons. The van der Waals surface area contributed by atoms with E-state index in [0.717, 1.165) is 6.54 Å². The molecule has 0 aromatic carbocycles. The second-order valence-electron chi connectivity index (χ2n) is 4.58. The van der Waals surface area contributed by atoms with Crippen LogP contribution < -0.4 is 5.32 Å². The normalized spacial score (nSPS) is 13.5.